The van der Waals surface area contributed by atoms with E-state index in [1.165, 1.54) is 12.1 Å². The number of benzene rings is 1. The van der Waals surface area contributed by atoms with Gasteiger partial charge in [0.15, 0.2) is 0 Å². The predicted molar refractivity (Wildman–Crippen MR) is 56.2 cm³/mol. The molecule has 0 radical (unpaired) electrons. The van der Waals surface area contributed by atoms with Crippen LogP contribution in [0.2, 0.25) is 5.02 Å². The first kappa shape index (κ1) is 12.9. The molecule has 7 heteroatoms. The van der Waals surface area contributed by atoms with Gasteiger partial charge in [0.25, 0.3) is 5.69 Å². The normalized spacial score (nSPS) is 14.5. The predicted octanol–water partition coefficient (Wildman–Crippen LogP) is 0.635. The van der Waals surface area contributed by atoms with E-state index < -0.39 is 29.4 Å². The van der Waals surface area contributed by atoms with Crippen molar-refractivity contribution in [2.45, 2.75) is 12.2 Å². The van der Waals surface area contributed by atoms with Crippen LogP contribution < -0.4 is 0 Å². The van der Waals surface area contributed by atoms with Crippen LogP contribution in [0.5, 0.6) is 0 Å². The molecule has 2 atom stereocenters. The number of nitro benzene ring substituents is 1. The minimum Gasteiger partial charge on any atom is -0.394 e. The Morgan fingerprint density at radius 1 is 1.44 bits per heavy atom. The van der Waals surface area contributed by atoms with Crippen molar-refractivity contribution in [3.05, 3.63) is 38.9 Å². The average molecular weight is 248 g/mol. The van der Waals surface area contributed by atoms with Gasteiger partial charge in [-0.2, -0.15) is 0 Å². The van der Waals surface area contributed by atoms with E-state index in [0.717, 1.165) is 6.07 Å². The number of nitro groups is 1. The highest BCUT2D eigenvalue weighted by Gasteiger charge is 2.28. The fourth-order valence-electron chi connectivity index (χ4n) is 1.27. The Labute approximate surface area is 95.9 Å². The molecule has 0 aliphatic rings. The largest absolute Gasteiger partial charge is 0.394 e. The molecular formula is C9H10ClNO5. The number of hydrogen-bond acceptors (Lipinski definition) is 5. The molecule has 3 N–H and O–H groups in total. The molecule has 0 bridgehead atoms. The Balaban J connectivity index is 3.24. The highest BCUT2D eigenvalue weighted by molar-refractivity contribution is 6.31. The summed E-state index contributed by atoms with van der Waals surface area (Å²) >= 11 is 5.71. The zero-order valence-corrected chi connectivity index (χ0v) is 8.83. The molecule has 1 rings (SSSR count). The number of halogens is 1. The summed E-state index contributed by atoms with van der Waals surface area (Å²) in [6.07, 6.45) is -3.11. The van der Waals surface area contributed by atoms with Crippen LogP contribution in [0.1, 0.15) is 11.7 Å². The monoisotopic (exact) mass is 247 g/mol. The maximum atomic E-state index is 10.7. The molecule has 0 aliphatic carbocycles. The lowest BCUT2D eigenvalue weighted by Gasteiger charge is -2.16. The van der Waals surface area contributed by atoms with E-state index in [2.05, 4.69) is 0 Å². The average Bonchev–Trinajstić information content (AvgIpc) is 2.26. The second kappa shape index (κ2) is 5.22. The smallest absolute Gasteiger partial charge is 0.276 e. The van der Waals surface area contributed by atoms with E-state index in [1.54, 1.807) is 0 Å². The van der Waals surface area contributed by atoms with Crippen molar-refractivity contribution in [3.8, 4) is 0 Å². The molecule has 0 saturated carbocycles. The molecule has 0 spiro atoms. The topological polar surface area (TPSA) is 104 Å². The van der Waals surface area contributed by atoms with Crippen molar-refractivity contribution in [2.24, 2.45) is 0 Å². The van der Waals surface area contributed by atoms with E-state index in [0.29, 0.717) is 0 Å². The van der Waals surface area contributed by atoms with E-state index in [-0.39, 0.29) is 10.6 Å². The lowest BCUT2D eigenvalue weighted by atomic mass is 10.0. The molecule has 0 saturated heterocycles. The molecule has 6 nitrogen and oxygen atoms in total. The lowest BCUT2D eigenvalue weighted by Crippen LogP contribution is -2.23. The molecular weight excluding hydrogens is 238 g/mol. The second-order valence-electron chi connectivity index (χ2n) is 3.12. The van der Waals surface area contributed by atoms with Gasteiger partial charge < -0.3 is 15.3 Å². The van der Waals surface area contributed by atoms with Crippen LogP contribution in [0.15, 0.2) is 18.2 Å². The van der Waals surface area contributed by atoms with E-state index in [1.807, 2.05) is 0 Å². The van der Waals surface area contributed by atoms with E-state index in [4.69, 9.17) is 16.7 Å². The van der Waals surface area contributed by atoms with Crippen LogP contribution in [0.3, 0.4) is 0 Å². The standard InChI is InChI=1S/C9H10ClNO5/c10-5-2-1-3-6(11(15)16)8(5)9(14)7(13)4-12/h1-3,7,9,12-14H,4H2. The second-order valence-corrected chi connectivity index (χ2v) is 3.53. The first-order valence-corrected chi connectivity index (χ1v) is 4.76. The van der Waals surface area contributed by atoms with Gasteiger partial charge in [0.2, 0.25) is 0 Å². The summed E-state index contributed by atoms with van der Waals surface area (Å²) in [6, 6.07) is 3.88. The Morgan fingerprint density at radius 3 is 2.56 bits per heavy atom. The maximum absolute atomic E-state index is 10.7. The highest BCUT2D eigenvalue weighted by atomic mass is 35.5. The van der Waals surface area contributed by atoms with Crippen molar-refractivity contribution in [2.75, 3.05) is 6.61 Å². The Bertz CT molecular complexity index is 397. The van der Waals surface area contributed by atoms with E-state index >= 15 is 0 Å². The Hall–Kier alpha value is -1.21. The minimum atomic E-state index is -1.60. The third-order valence-electron chi connectivity index (χ3n) is 2.07. The summed E-state index contributed by atoms with van der Waals surface area (Å²) in [5.41, 5.74) is -0.594. The number of hydrogen-bond donors (Lipinski definition) is 3. The molecule has 88 valence electrons. The first-order valence-electron chi connectivity index (χ1n) is 4.38. The van der Waals surface area contributed by atoms with Crippen LogP contribution in [0.25, 0.3) is 0 Å². The fraction of sp³-hybridized carbons (Fsp3) is 0.333. The molecule has 1 aromatic carbocycles. The van der Waals surface area contributed by atoms with Crippen LogP contribution in [0.4, 0.5) is 5.69 Å². The molecule has 0 amide bonds. The van der Waals surface area contributed by atoms with Crippen LogP contribution in [-0.4, -0.2) is 33.0 Å². The lowest BCUT2D eigenvalue weighted by molar-refractivity contribution is -0.386. The molecule has 0 heterocycles. The highest BCUT2D eigenvalue weighted by Crippen LogP contribution is 2.33. The summed E-state index contributed by atoms with van der Waals surface area (Å²) in [5.74, 6) is 0. The van der Waals surface area contributed by atoms with Gasteiger partial charge in [-0.3, -0.25) is 10.1 Å². The van der Waals surface area contributed by atoms with Gasteiger partial charge in [-0.25, -0.2) is 0 Å². The Morgan fingerprint density at radius 2 is 2.06 bits per heavy atom. The first-order chi connectivity index (χ1) is 7.49. The quantitative estimate of drug-likeness (QED) is 0.535. The van der Waals surface area contributed by atoms with Crippen molar-refractivity contribution in [3.63, 3.8) is 0 Å². The van der Waals surface area contributed by atoms with Gasteiger partial charge in [0.1, 0.15) is 12.2 Å². The van der Waals surface area contributed by atoms with Crippen LogP contribution >= 0.6 is 11.6 Å². The van der Waals surface area contributed by atoms with Crippen molar-refractivity contribution < 1.29 is 20.2 Å². The van der Waals surface area contributed by atoms with Gasteiger partial charge in [0, 0.05) is 6.07 Å². The zero-order chi connectivity index (χ0) is 12.3. The van der Waals surface area contributed by atoms with Crippen LogP contribution in [-0.2, 0) is 0 Å². The van der Waals surface area contributed by atoms with Gasteiger partial charge in [-0.05, 0) is 6.07 Å². The third kappa shape index (κ3) is 2.48. The van der Waals surface area contributed by atoms with Crippen molar-refractivity contribution in [1.82, 2.24) is 0 Å². The fourth-order valence-corrected chi connectivity index (χ4v) is 1.55. The maximum Gasteiger partial charge on any atom is 0.276 e. The molecule has 0 aliphatic heterocycles. The minimum absolute atomic E-state index is 0.0331. The summed E-state index contributed by atoms with van der Waals surface area (Å²) in [6.45, 7) is -0.719. The number of aliphatic hydroxyl groups excluding tert-OH is 3. The molecule has 2 unspecified atom stereocenters. The van der Waals surface area contributed by atoms with Gasteiger partial charge in [-0.1, -0.05) is 17.7 Å². The van der Waals surface area contributed by atoms with Gasteiger partial charge in [-0.15, -0.1) is 0 Å². The summed E-state index contributed by atoms with van der Waals surface area (Å²) in [7, 11) is 0. The van der Waals surface area contributed by atoms with Crippen LogP contribution in [0, 0.1) is 10.1 Å². The molecule has 1 aromatic rings. The number of aliphatic hydroxyl groups is 3. The van der Waals surface area contributed by atoms with E-state index in [9.17, 15) is 20.3 Å². The molecule has 0 fully saturated rings. The Kier molecular flexibility index (Phi) is 4.19. The van der Waals surface area contributed by atoms with Gasteiger partial charge >= 0.3 is 0 Å². The van der Waals surface area contributed by atoms with Crippen molar-refractivity contribution in [1.29, 1.82) is 0 Å². The van der Waals surface area contributed by atoms with Crippen molar-refractivity contribution >= 4 is 17.3 Å². The summed E-state index contributed by atoms with van der Waals surface area (Å²) < 4.78 is 0. The third-order valence-corrected chi connectivity index (χ3v) is 2.40. The molecule has 0 aromatic heterocycles. The summed E-state index contributed by atoms with van der Waals surface area (Å²) in [4.78, 5) is 9.97. The zero-order valence-electron chi connectivity index (χ0n) is 8.08. The SMILES string of the molecule is O=[N+]([O-])c1cccc(Cl)c1C(O)C(O)CO. The molecule has 16 heavy (non-hydrogen) atoms. The summed E-state index contributed by atoms with van der Waals surface area (Å²) in [5, 5.41) is 38.1. The van der Waals surface area contributed by atoms with Gasteiger partial charge in [0.05, 0.1) is 22.1 Å². The number of nitrogens with zero attached hydrogens (tertiary/aromatic N) is 1. The number of rotatable bonds is 4.